The Morgan fingerprint density at radius 2 is 2.19 bits per heavy atom. The molecule has 1 N–H and O–H groups in total. The number of rotatable bonds is 3. The van der Waals surface area contributed by atoms with Crippen molar-refractivity contribution in [1.82, 2.24) is 19.6 Å². The van der Waals surface area contributed by atoms with Crippen LogP contribution in [0.3, 0.4) is 0 Å². The number of pyridine rings is 1. The van der Waals surface area contributed by atoms with Crippen LogP contribution in [0.5, 0.6) is 0 Å². The molecule has 2 rings (SSSR count). The van der Waals surface area contributed by atoms with E-state index in [9.17, 15) is 4.79 Å². The molecule has 84 valence electrons. The van der Waals surface area contributed by atoms with Crippen molar-refractivity contribution in [2.75, 3.05) is 5.32 Å². The van der Waals surface area contributed by atoms with Gasteiger partial charge in [0.1, 0.15) is 0 Å². The second-order valence-electron chi connectivity index (χ2n) is 3.57. The average molecular weight is 219 g/mol. The molecule has 6 nitrogen and oxygen atoms in total. The molecule has 0 saturated carbocycles. The van der Waals surface area contributed by atoms with Crippen molar-refractivity contribution in [1.29, 1.82) is 0 Å². The molecule has 0 spiro atoms. The van der Waals surface area contributed by atoms with Crippen molar-refractivity contribution in [2.45, 2.75) is 6.54 Å². The fraction of sp³-hybridized carbons (Fsp3) is 0.300. The predicted molar refractivity (Wildman–Crippen MR) is 60.0 cm³/mol. The summed E-state index contributed by atoms with van der Waals surface area (Å²) in [6, 6.07) is 3.29. The molecule has 0 bridgehead atoms. The van der Waals surface area contributed by atoms with Crippen molar-refractivity contribution < 1.29 is 0 Å². The first-order chi connectivity index (χ1) is 7.66. The third-order valence-corrected chi connectivity index (χ3v) is 2.37. The molecule has 0 atom stereocenters. The molecule has 0 aromatic carbocycles. The lowest BCUT2D eigenvalue weighted by atomic mass is 10.4. The minimum absolute atomic E-state index is 0.0206. The maximum absolute atomic E-state index is 11.2. The molecule has 2 heterocycles. The van der Waals surface area contributed by atoms with Gasteiger partial charge in [0.2, 0.25) is 5.56 Å². The van der Waals surface area contributed by atoms with Crippen LogP contribution in [-0.4, -0.2) is 19.6 Å². The SMILES string of the molecule is Cn1nncc1CNc1ccc(=O)n(C)c1. The van der Waals surface area contributed by atoms with Gasteiger partial charge in [-0.15, -0.1) is 5.10 Å². The number of aryl methyl sites for hydroxylation is 2. The highest BCUT2D eigenvalue weighted by atomic mass is 16.1. The summed E-state index contributed by atoms with van der Waals surface area (Å²) in [4.78, 5) is 11.2. The number of nitrogens with zero attached hydrogens (tertiary/aromatic N) is 4. The Morgan fingerprint density at radius 3 is 2.81 bits per heavy atom. The number of nitrogens with one attached hydrogen (secondary N) is 1. The van der Waals surface area contributed by atoms with Crippen LogP contribution < -0.4 is 10.9 Å². The highest BCUT2D eigenvalue weighted by Gasteiger charge is 2.00. The highest BCUT2D eigenvalue weighted by molar-refractivity contribution is 5.40. The van der Waals surface area contributed by atoms with Crippen LogP contribution in [0.15, 0.2) is 29.3 Å². The van der Waals surface area contributed by atoms with E-state index in [1.165, 1.54) is 10.6 Å². The van der Waals surface area contributed by atoms with E-state index in [1.807, 2.05) is 7.05 Å². The molecule has 0 unspecified atom stereocenters. The fourth-order valence-corrected chi connectivity index (χ4v) is 1.36. The summed E-state index contributed by atoms with van der Waals surface area (Å²) in [5, 5.41) is 10.8. The number of aromatic nitrogens is 4. The lowest BCUT2D eigenvalue weighted by Crippen LogP contribution is -2.15. The van der Waals surface area contributed by atoms with Crippen LogP contribution in [0.2, 0.25) is 0 Å². The number of hydrogen-bond acceptors (Lipinski definition) is 4. The summed E-state index contributed by atoms with van der Waals surface area (Å²) >= 11 is 0. The minimum Gasteiger partial charge on any atom is -0.378 e. The van der Waals surface area contributed by atoms with Gasteiger partial charge in [-0.2, -0.15) is 0 Å². The summed E-state index contributed by atoms with van der Waals surface area (Å²) in [6.07, 6.45) is 3.46. The topological polar surface area (TPSA) is 64.7 Å². The van der Waals surface area contributed by atoms with E-state index >= 15 is 0 Å². The molecule has 0 aliphatic carbocycles. The summed E-state index contributed by atoms with van der Waals surface area (Å²) < 4.78 is 3.23. The van der Waals surface area contributed by atoms with Gasteiger partial charge in [-0.3, -0.25) is 9.48 Å². The van der Waals surface area contributed by atoms with Gasteiger partial charge in [-0.25, -0.2) is 0 Å². The zero-order valence-corrected chi connectivity index (χ0v) is 9.21. The maximum Gasteiger partial charge on any atom is 0.250 e. The zero-order chi connectivity index (χ0) is 11.5. The van der Waals surface area contributed by atoms with E-state index in [-0.39, 0.29) is 5.56 Å². The van der Waals surface area contributed by atoms with E-state index in [0.717, 1.165) is 11.4 Å². The van der Waals surface area contributed by atoms with E-state index in [1.54, 1.807) is 30.2 Å². The van der Waals surface area contributed by atoms with Crippen LogP contribution in [0, 0.1) is 0 Å². The molecule has 16 heavy (non-hydrogen) atoms. The number of hydrogen-bond donors (Lipinski definition) is 1. The Kier molecular flexibility index (Phi) is 2.72. The number of anilines is 1. The van der Waals surface area contributed by atoms with Gasteiger partial charge in [0, 0.05) is 26.4 Å². The Hall–Kier alpha value is -2.11. The molecular formula is C10H13N5O. The van der Waals surface area contributed by atoms with Crippen LogP contribution in [0.4, 0.5) is 5.69 Å². The molecule has 6 heteroatoms. The van der Waals surface area contributed by atoms with Gasteiger partial charge in [0.15, 0.2) is 0 Å². The third kappa shape index (κ3) is 2.10. The largest absolute Gasteiger partial charge is 0.378 e. The molecule has 0 radical (unpaired) electrons. The normalized spacial score (nSPS) is 10.4. The maximum atomic E-state index is 11.2. The molecule has 2 aromatic rings. The zero-order valence-electron chi connectivity index (χ0n) is 9.21. The monoisotopic (exact) mass is 219 g/mol. The fourth-order valence-electron chi connectivity index (χ4n) is 1.36. The molecule has 0 saturated heterocycles. The van der Waals surface area contributed by atoms with Crippen molar-refractivity contribution in [3.05, 3.63) is 40.6 Å². The Morgan fingerprint density at radius 1 is 1.38 bits per heavy atom. The molecule has 0 aliphatic rings. The van der Waals surface area contributed by atoms with Gasteiger partial charge < -0.3 is 9.88 Å². The second kappa shape index (κ2) is 4.18. The third-order valence-electron chi connectivity index (χ3n) is 2.37. The lowest BCUT2D eigenvalue weighted by molar-refractivity contribution is 0.683. The van der Waals surface area contributed by atoms with Crippen LogP contribution in [-0.2, 0) is 20.6 Å². The molecule has 0 amide bonds. The molecule has 2 aromatic heterocycles. The van der Waals surface area contributed by atoms with Crippen molar-refractivity contribution in [3.63, 3.8) is 0 Å². The minimum atomic E-state index is -0.0206. The van der Waals surface area contributed by atoms with Crippen molar-refractivity contribution >= 4 is 5.69 Å². The second-order valence-corrected chi connectivity index (χ2v) is 3.57. The van der Waals surface area contributed by atoms with Gasteiger partial charge in [-0.1, -0.05) is 5.21 Å². The van der Waals surface area contributed by atoms with Crippen LogP contribution in [0.25, 0.3) is 0 Å². The van der Waals surface area contributed by atoms with E-state index in [2.05, 4.69) is 15.6 Å². The van der Waals surface area contributed by atoms with Crippen LogP contribution >= 0.6 is 0 Å². The molecule has 0 aliphatic heterocycles. The Balaban J connectivity index is 2.08. The van der Waals surface area contributed by atoms with E-state index < -0.39 is 0 Å². The van der Waals surface area contributed by atoms with Crippen molar-refractivity contribution in [3.8, 4) is 0 Å². The quantitative estimate of drug-likeness (QED) is 0.796. The lowest BCUT2D eigenvalue weighted by Gasteiger charge is -2.06. The summed E-state index contributed by atoms with van der Waals surface area (Å²) in [5.41, 5.74) is 1.85. The van der Waals surface area contributed by atoms with E-state index in [0.29, 0.717) is 6.54 Å². The first-order valence-corrected chi connectivity index (χ1v) is 4.91. The van der Waals surface area contributed by atoms with E-state index in [4.69, 9.17) is 0 Å². The Bertz CT molecular complexity index is 542. The summed E-state index contributed by atoms with van der Waals surface area (Å²) in [5.74, 6) is 0. The highest BCUT2D eigenvalue weighted by Crippen LogP contribution is 2.04. The summed E-state index contributed by atoms with van der Waals surface area (Å²) in [7, 11) is 3.56. The predicted octanol–water partition coefficient (Wildman–Crippen LogP) is 0.126. The average Bonchev–Trinajstić information content (AvgIpc) is 2.66. The molecule has 0 fully saturated rings. The Labute approximate surface area is 92.5 Å². The smallest absolute Gasteiger partial charge is 0.250 e. The first-order valence-electron chi connectivity index (χ1n) is 4.91. The van der Waals surface area contributed by atoms with Crippen molar-refractivity contribution in [2.24, 2.45) is 14.1 Å². The van der Waals surface area contributed by atoms with Gasteiger partial charge in [0.05, 0.1) is 24.1 Å². The summed E-state index contributed by atoms with van der Waals surface area (Å²) in [6.45, 7) is 0.627. The van der Waals surface area contributed by atoms with Crippen LogP contribution in [0.1, 0.15) is 5.69 Å². The van der Waals surface area contributed by atoms with Gasteiger partial charge >= 0.3 is 0 Å². The first kappa shape index (κ1) is 10.4. The van der Waals surface area contributed by atoms with Gasteiger partial charge in [-0.05, 0) is 6.07 Å². The standard InChI is InChI=1S/C10H13N5O/c1-14-7-8(3-4-10(14)16)11-5-9-6-12-13-15(9)2/h3-4,6-7,11H,5H2,1-2H3. The van der Waals surface area contributed by atoms with Gasteiger partial charge in [0.25, 0.3) is 0 Å². The molecular weight excluding hydrogens is 206 g/mol.